The third-order valence-electron chi connectivity index (χ3n) is 3.91. The number of rotatable bonds is 6. The van der Waals surface area contributed by atoms with Gasteiger partial charge in [0.05, 0.1) is 13.0 Å². The van der Waals surface area contributed by atoms with E-state index >= 15 is 0 Å². The van der Waals surface area contributed by atoms with Crippen LogP contribution >= 0.6 is 0 Å². The zero-order valence-corrected chi connectivity index (χ0v) is 13.3. The van der Waals surface area contributed by atoms with E-state index in [1.165, 1.54) is 11.1 Å². The van der Waals surface area contributed by atoms with Crippen molar-refractivity contribution in [3.63, 3.8) is 0 Å². The van der Waals surface area contributed by atoms with Crippen LogP contribution in [0.2, 0.25) is 0 Å². The molecule has 0 aliphatic carbocycles. The van der Waals surface area contributed by atoms with Gasteiger partial charge in [0.25, 0.3) is 0 Å². The number of aryl methyl sites for hydroxylation is 2. The van der Waals surface area contributed by atoms with Crippen LogP contribution in [0.4, 0.5) is 0 Å². The quantitative estimate of drug-likeness (QED) is 0.873. The molecule has 4 heteroatoms. The molecule has 21 heavy (non-hydrogen) atoms. The van der Waals surface area contributed by atoms with E-state index in [2.05, 4.69) is 25.2 Å². The van der Waals surface area contributed by atoms with Crippen LogP contribution in [-0.4, -0.2) is 44.1 Å². The van der Waals surface area contributed by atoms with E-state index in [1.807, 2.05) is 24.1 Å². The Morgan fingerprint density at radius 1 is 1.33 bits per heavy atom. The molecule has 0 radical (unpaired) electrons. The first kappa shape index (κ1) is 15.8. The molecule has 0 bridgehead atoms. The van der Waals surface area contributed by atoms with Gasteiger partial charge in [-0.3, -0.25) is 4.79 Å². The number of nitrogens with zero attached hydrogens (tertiary/aromatic N) is 1. The number of hydrogen-bond acceptors (Lipinski definition) is 3. The number of nitrogens with one attached hydrogen (secondary N) is 1. The van der Waals surface area contributed by atoms with Crippen LogP contribution in [0.5, 0.6) is 5.75 Å². The van der Waals surface area contributed by atoms with Gasteiger partial charge in [0.15, 0.2) is 0 Å². The summed E-state index contributed by atoms with van der Waals surface area (Å²) >= 11 is 0. The van der Waals surface area contributed by atoms with Crippen LogP contribution in [0.25, 0.3) is 0 Å². The fraction of sp³-hybridized carbons (Fsp3) is 0.588. The second-order valence-electron chi connectivity index (χ2n) is 5.97. The zero-order chi connectivity index (χ0) is 15.2. The lowest BCUT2D eigenvalue weighted by Gasteiger charge is -2.17. The SMILES string of the molecule is CNCC1CCN(C(=O)CCOc2cc(C)cc(C)c2)C1. The van der Waals surface area contributed by atoms with E-state index in [-0.39, 0.29) is 5.91 Å². The van der Waals surface area contributed by atoms with Gasteiger partial charge >= 0.3 is 0 Å². The first-order valence-corrected chi connectivity index (χ1v) is 7.72. The minimum absolute atomic E-state index is 0.206. The van der Waals surface area contributed by atoms with Crippen molar-refractivity contribution in [3.8, 4) is 5.75 Å². The molecule has 1 saturated heterocycles. The van der Waals surface area contributed by atoms with Crippen LogP contribution < -0.4 is 10.1 Å². The van der Waals surface area contributed by atoms with Crippen LogP contribution in [0.15, 0.2) is 18.2 Å². The highest BCUT2D eigenvalue weighted by Crippen LogP contribution is 2.18. The smallest absolute Gasteiger partial charge is 0.226 e. The fourth-order valence-corrected chi connectivity index (χ4v) is 2.95. The number of likely N-dealkylation sites (tertiary alicyclic amines) is 1. The number of benzene rings is 1. The molecule has 0 aromatic heterocycles. The summed E-state index contributed by atoms with van der Waals surface area (Å²) in [6.45, 7) is 7.31. The number of amides is 1. The summed E-state index contributed by atoms with van der Waals surface area (Å²) in [7, 11) is 1.96. The van der Waals surface area contributed by atoms with Gasteiger partial charge in [0, 0.05) is 13.1 Å². The number of carbonyl (C=O) groups is 1. The lowest BCUT2D eigenvalue weighted by Crippen LogP contribution is -2.31. The Hall–Kier alpha value is -1.55. The average Bonchev–Trinajstić information content (AvgIpc) is 2.86. The Morgan fingerprint density at radius 3 is 2.71 bits per heavy atom. The lowest BCUT2D eigenvalue weighted by molar-refractivity contribution is -0.130. The highest BCUT2D eigenvalue weighted by molar-refractivity contribution is 5.76. The first-order chi connectivity index (χ1) is 10.1. The number of hydrogen-bond donors (Lipinski definition) is 1. The molecule has 0 saturated carbocycles. The van der Waals surface area contributed by atoms with E-state index in [0.717, 1.165) is 31.8 Å². The molecule has 1 atom stereocenters. The summed E-state index contributed by atoms with van der Waals surface area (Å²) in [6, 6.07) is 6.14. The van der Waals surface area contributed by atoms with Crippen molar-refractivity contribution in [1.29, 1.82) is 0 Å². The van der Waals surface area contributed by atoms with Crippen molar-refractivity contribution >= 4 is 5.91 Å². The van der Waals surface area contributed by atoms with Gasteiger partial charge in [-0.05, 0) is 63.0 Å². The maximum absolute atomic E-state index is 12.1. The lowest BCUT2D eigenvalue weighted by atomic mass is 10.1. The summed E-state index contributed by atoms with van der Waals surface area (Å²) in [4.78, 5) is 14.1. The molecule has 1 heterocycles. The van der Waals surface area contributed by atoms with Crippen molar-refractivity contribution < 1.29 is 9.53 Å². The highest BCUT2D eigenvalue weighted by atomic mass is 16.5. The van der Waals surface area contributed by atoms with Crippen molar-refractivity contribution in [3.05, 3.63) is 29.3 Å². The average molecular weight is 290 g/mol. The van der Waals surface area contributed by atoms with E-state index in [9.17, 15) is 4.79 Å². The standard InChI is InChI=1S/C17H26N2O2/c1-13-8-14(2)10-16(9-13)21-7-5-17(20)19-6-4-15(12-19)11-18-3/h8-10,15,18H,4-7,11-12H2,1-3H3. The van der Waals surface area contributed by atoms with Crippen molar-refractivity contribution in [2.75, 3.05) is 33.3 Å². The Labute approximate surface area is 127 Å². The summed E-state index contributed by atoms with van der Waals surface area (Å²) < 4.78 is 5.71. The predicted molar refractivity (Wildman–Crippen MR) is 84.6 cm³/mol. The molecule has 1 unspecified atom stereocenters. The second kappa shape index (κ2) is 7.46. The normalized spacial score (nSPS) is 18.0. The van der Waals surface area contributed by atoms with Crippen molar-refractivity contribution in [2.24, 2.45) is 5.92 Å². The minimum atomic E-state index is 0.206. The molecule has 4 nitrogen and oxygen atoms in total. The molecule has 116 valence electrons. The molecule has 1 aromatic carbocycles. The van der Waals surface area contributed by atoms with Crippen molar-refractivity contribution in [2.45, 2.75) is 26.7 Å². The molecule has 2 rings (SSSR count). The van der Waals surface area contributed by atoms with Crippen LogP contribution in [0.3, 0.4) is 0 Å². The molecule has 0 spiro atoms. The first-order valence-electron chi connectivity index (χ1n) is 7.72. The van der Waals surface area contributed by atoms with Gasteiger partial charge in [-0.15, -0.1) is 0 Å². The van der Waals surface area contributed by atoms with E-state index in [0.29, 0.717) is 18.9 Å². The Morgan fingerprint density at radius 2 is 2.05 bits per heavy atom. The van der Waals surface area contributed by atoms with Gasteiger partial charge in [0.2, 0.25) is 5.91 Å². The minimum Gasteiger partial charge on any atom is -0.493 e. The monoisotopic (exact) mass is 290 g/mol. The van der Waals surface area contributed by atoms with Gasteiger partial charge in [0.1, 0.15) is 5.75 Å². The number of carbonyl (C=O) groups excluding carboxylic acids is 1. The molecule has 1 aliphatic rings. The number of ether oxygens (including phenoxy) is 1. The summed E-state index contributed by atoms with van der Waals surface area (Å²) in [5.41, 5.74) is 2.37. The molecule has 1 aliphatic heterocycles. The van der Waals surface area contributed by atoms with Gasteiger partial charge in [-0.25, -0.2) is 0 Å². The molecular formula is C17H26N2O2. The topological polar surface area (TPSA) is 41.6 Å². The molecule has 1 aromatic rings. The Kier molecular flexibility index (Phi) is 5.62. The van der Waals surface area contributed by atoms with Gasteiger partial charge in [-0.1, -0.05) is 6.07 Å². The third-order valence-corrected chi connectivity index (χ3v) is 3.91. The molecule has 1 amide bonds. The zero-order valence-electron chi connectivity index (χ0n) is 13.3. The molecule has 1 fully saturated rings. The summed E-state index contributed by atoms with van der Waals surface area (Å²) in [5, 5.41) is 3.18. The largest absolute Gasteiger partial charge is 0.493 e. The van der Waals surface area contributed by atoms with E-state index < -0.39 is 0 Å². The highest BCUT2D eigenvalue weighted by Gasteiger charge is 2.25. The molecule has 1 N–H and O–H groups in total. The van der Waals surface area contributed by atoms with Gasteiger partial charge < -0.3 is 15.0 Å². The summed E-state index contributed by atoms with van der Waals surface area (Å²) in [6.07, 6.45) is 1.56. The Balaban J connectivity index is 1.74. The maximum atomic E-state index is 12.1. The van der Waals surface area contributed by atoms with Crippen LogP contribution in [-0.2, 0) is 4.79 Å². The third kappa shape index (κ3) is 4.74. The van der Waals surface area contributed by atoms with Crippen LogP contribution in [0.1, 0.15) is 24.0 Å². The van der Waals surface area contributed by atoms with E-state index in [4.69, 9.17) is 4.74 Å². The predicted octanol–water partition coefficient (Wildman–Crippen LogP) is 2.14. The second-order valence-corrected chi connectivity index (χ2v) is 5.97. The van der Waals surface area contributed by atoms with E-state index in [1.54, 1.807) is 0 Å². The maximum Gasteiger partial charge on any atom is 0.226 e. The van der Waals surface area contributed by atoms with Crippen LogP contribution in [0, 0.1) is 19.8 Å². The fourth-order valence-electron chi connectivity index (χ4n) is 2.95. The van der Waals surface area contributed by atoms with Gasteiger partial charge in [-0.2, -0.15) is 0 Å². The summed E-state index contributed by atoms with van der Waals surface area (Å²) in [5.74, 6) is 1.66. The van der Waals surface area contributed by atoms with Crippen molar-refractivity contribution in [1.82, 2.24) is 10.2 Å². The Bertz CT molecular complexity index is 467. The molecular weight excluding hydrogens is 264 g/mol.